The highest BCUT2D eigenvalue weighted by Gasteiger charge is 2.21. The normalized spacial score (nSPS) is 18.3. The van der Waals surface area contributed by atoms with E-state index in [0.717, 1.165) is 77.1 Å². The molecule has 2 aliphatic rings. The van der Waals surface area contributed by atoms with Gasteiger partial charge in [0.05, 0.1) is 19.4 Å². The standard InChI is InChI=1S/C21H30N6O3/c1-2-19(18-22-3-1)29-16-12-25-6-8-27(9-7-25)20-21(24-5-4-23-20)30-17-13-26-10-14-28-15-11-26/h1-5,18H,6-17H2. The number of pyridine rings is 1. The van der Waals surface area contributed by atoms with Gasteiger partial charge >= 0.3 is 0 Å². The fraction of sp³-hybridized carbons (Fsp3) is 0.571. The molecular weight excluding hydrogens is 384 g/mol. The minimum Gasteiger partial charge on any atom is -0.491 e. The molecular formula is C21H30N6O3. The Morgan fingerprint density at radius 3 is 2.33 bits per heavy atom. The van der Waals surface area contributed by atoms with Crippen LogP contribution in [0.15, 0.2) is 36.9 Å². The predicted octanol–water partition coefficient (Wildman–Crippen LogP) is 0.784. The molecule has 0 radical (unpaired) electrons. The predicted molar refractivity (Wildman–Crippen MR) is 113 cm³/mol. The highest BCUT2D eigenvalue weighted by Crippen LogP contribution is 2.23. The summed E-state index contributed by atoms with van der Waals surface area (Å²) in [4.78, 5) is 20.1. The number of hydrogen-bond acceptors (Lipinski definition) is 9. The first kappa shape index (κ1) is 20.8. The molecule has 9 heteroatoms. The zero-order chi connectivity index (χ0) is 20.4. The first-order chi connectivity index (χ1) is 14.9. The smallest absolute Gasteiger partial charge is 0.257 e. The lowest BCUT2D eigenvalue weighted by Crippen LogP contribution is -2.48. The molecule has 2 aliphatic heterocycles. The Balaban J connectivity index is 1.21. The van der Waals surface area contributed by atoms with Crippen molar-refractivity contribution >= 4 is 5.82 Å². The van der Waals surface area contributed by atoms with E-state index in [9.17, 15) is 0 Å². The molecule has 0 unspecified atom stereocenters. The minimum atomic E-state index is 0.608. The van der Waals surface area contributed by atoms with Gasteiger partial charge in [0.2, 0.25) is 0 Å². The number of aromatic nitrogens is 3. The van der Waals surface area contributed by atoms with Crippen LogP contribution in [0, 0.1) is 0 Å². The largest absolute Gasteiger partial charge is 0.491 e. The topological polar surface area (TPSA) is 76.1 Å². The Morgan fingerprint density at radius 2 is 1.57 bits per heavy atom. The van der Waals surface area contributed by atoms with Crippen molar-refractivity contribution in [1.82, 2.24) is 24.8 Å². The summed E-state index contributed by atoms with van der Waals surface area (Å²) in [5.74, 6) is 2.28. The molecule has 4 heterocycles. The van der Waals surface area contributed by atoms with Gasteiger partial charge < -0.3 is 19.1 Å². The third-order valence-electron chi connectivity index (χ3n) is 5.38. The fourth-order valence-corrected chi connectivity index (χ4v) is 3.64. The molecule has 2 fully saturated rings. The summed E-state index contributed by atoms with van der Waals surface area (Å²) in [7, 11) is 0. The van der Waals surface area contributed by atoms with E-state index < -0.39 is 0 Å². The Morgan fingerprint density at radius 1 is 0.833 bits per heavy atom. The molecule has 0 aliphatic carbocycles. The molecule has 2 saturated heterocycles. The van der Waals surface area contributed by atoms with Gasteiger partial charge in [-0.3, -0.25) is 14.8 Å². The van der Waals surface area contributed by atoms with Crippen LogP contribution in [0.25, 0.3) is 0 Å². The summed E-state index contributed by atoms with van der Waals surface area (Å²) < 4.78 is 17.2. The lowest BCUT2D eigenvalue weighted by molar-refractivity contribution is 0.0320. The van der Waals surface area contributed by atoms with Crippen LogP contribution in [-0.4, -0.2) is 104 Å². The number of rotatable bonds is 9. The summed E-state index contributed by atoms with van der Waals surface area (Å²) in [5, 5.41) is 0. The number of morpholine rings is 1. The van der Waals surface area contributed by atoms with Crippen molar-refractivity contribution in [3.05, 3.63) is 36.9 Å². The summed E-state index contributed by atoms with van der Waals surface area (Å²) in [6, 6.07) is 3.81. The molecule has 0 saturated carbocycles. The van der Waals surface area contributed by atoms with E-state index >= 15 is 0 Å². The minimum absolute atomic E-state index is 0.608. The van der Waals surface area contributed by atoms with Gasteiger partial charge in [-0.05, 0) is 12.1 Å². The van der Waals surface area contributed by atoms with E-state index in [-0.39, 0.29) is 0 Å². The number of piperazine rings is 1. The zero-order valence-electron chi connectivity index (χ0n) is 17.4. The van der Waals surface area contributed by atoms with Crippen LogP contribution in [0.3, 0.4) is 0 Å². The third-order valence-corrected chi connectivity index (χ3v) is 5.38. The van der Waals surface area contributed by atoms with Crippen LogP contribution in [0.2, 0.25) is 0 Å². The first-order valence-corrected chi connectivity index (χ1v) is 10.6. The molecule has 9 nitrogen and oxygen atoms in total. The number of hydrogen-bond donors (Lipinski definition) is 0. The fourth-order valence-electron chi connectivity index (χ4n) is 3.64. The quantitative estimate of drug-likeness (QED) is 0.592. The SMILES string of the molecule is c1cncc(OCCN2CCN(c3nccnc3OCCN3CCOCC3)CC2)c1. The van der Waals surface area contributed by atoms with Gasteiger partial charge in [-0.2, -0.15) is 0 Å². The maximum absolute atomic E-state index is 6.00. The van der Waals surface area contributed by atoms with Crippen molar-refractivity contribution in [2.75, 3.05) is 83.7 Å². The van der Waals surface area contributed by atoms with E-state index in [1.54, 1.807) is 24.8 Å². The maximum atomic E-state index is 6.00. The molecule has 0 spiro atoms. The molecule has 30 heavy (non-hydrogen) atoms. The molecule has 0 amide bonds. The Hall–Kier alpha value is -2.49. The summed E-state index contributed by atoms with van der Waals surface area (Å²) in [5.41, 5.74) is 0. The molecule has 0 N–H and O–H groups in total. The van der Waals surface area contributed by atoms with E-state index in [4.69, 9.17) is 14.2 Å². The van der Waals surface area contributed by atoms with Crippen molar-refractivity contribution in [1.29, 1.82) is 0 Å². The lowest BCUT2D eigenvalue weighted by Gasteiger charge is -2.35. The van der Waals surface area contributed by atoms with Crippen LogP contribution in [0.5, 0.6) is 11.6 Å². The average Bonchev–Trinajstić information content (AvgIpc) is 2.81. The van der Waals surface area contributed by atoms with Crippen LogP contribution in [0.4, 0.5) is 5.82 Å². The molecule has 0 aromatic carbocycles. The van der Waals surface area contributed by atoms with Gasteiger partial charge in [-0.1, -0.05) is 0 Å². The maximum Gasteiger partial charge on any atom is 0.257 e. The van der Waals surface area contributed by atoms with Crippen LogP contribution in [-0.2, 0) is 4.74 Å². The van der Waals surface area contributed by atoms with Gasteiger partial charge in [-0.15, -0.1) is 0 Å². The number of anilines is 1. The monoisotopic (exact) mass is 414 g/mol. The van der Waals surface area contributed by atoms with Gasteiger partial charge in [0.1, 0.15) is 19.0 Å². The average molecular weight is 415 g/mol. The molecule has 162 valence electrons. The summed E-state index contributed by atoms with van der Waals surface area (Å²) in [6.07, 6.45) is 6.92. The van der Waals surface area contributed by atoms with Gasteiger partial charge in [0.15, 0.2) is 5.82 Å². The van der Waals surface area contributed by atoms with Crippen molar-refractivity contribution < 1.29 is 14.2 Å². The van der Waals surface area contributed by atoms with E-state index in [1.807, 2.05) is 12.1 Å². The second kappa shape index (κ2) is 11.1. The summed E-state index contributed by atoms with van der Waals surface area (Å²) in [6.45, 7) is 10.3. The Kier molecular flexibility index (Phi) is 7.65. The highest BCUT2D eigenvalue weighted by molar-refractivity contribution is 5.48. The Labute approximate surface area is 177 Å². The van der Waals surface area contributed by atoms with Crippen molar-refractivity contribution in [3.8, 4) is 11.6 Å². The molecule has 2 aromatic heterocycles. The Bertz CT molecular complexity index is 751. The van der Waals surface area contributed by atoms with Crippen LogP contribution in [0.1, 0.15) is 0 Å². The van der Waals surface area contributed by atoms with Crippen LogP contribution < -0.4 is 14.4 Å². The summed E-state index contributed by atoms with van der Waals surface area (Å²) >= 11 is 0. The second-order valence-electron chi connectivity index (χ2n) is 7.35. The van der Waals surface area contributed by atoms with Crippen molar-refractivity contribution in [2.24, 2.45) is 0 Å². The van der Waals surface area contributed by atoms with E-state index in [1.165, 1.54) is 0 Å². The van der Waals surface area contributed by atoms with Gasteiger partial charge in [-0.25, -0.2) is 9.97 Å². The first-order valence-electron chi connectivity index (χ1n) is 10.6. The van der Waals surface area contributed by atoms with Crippen molar-refractivity contribution in [2.45, 2.75) is 0 Å². The van der Waals surface area contributed by atoms with Gasteiger partial charge in [0, 0.05) is 70.9 Å². The molecule has 2 aromatic rings. The van der Waals surface area contributed by atoms with Crippen LogP contribution >= 0.6 is 0 Å². The van der Waals surface area contributed by atoms with E-state index in [0.29, 0.717) is 19.1 Å². The third kappa shape index (κ3) is 6.01. The number of ether oxygens (including phenoxy) is 3. The van der Waals surface area contributed by atoms with Crippen molar-refractivity contribution in [3.63, 3.8) is 0 Å². The molecule has 4 rings (SSSR count). The van der Waals surface area contributed by atoms with E-state index in [2.05, 4.69) is 29.7 Å². The second-order valence-corrected chi connectivity index (χ2v) is 7.35. The molecule has 0 bridgehead atoms. The lowest BCUT2D eigenvalue weighted by atomic mass is 10.3. The zero-order valence-corrected chi connectivity index (χ0v) is 17.4. The van der Waals surface area contributed by atoms with Gasteiger partial charge in [0.25, 0.3) is 5.88 Å². The molecule has 0 atom stereocenters. The highest BCUT2D eigenvalue weighted by atomic mass is 16.5. The number of nitrogens with zero attached hydrogens (tertiary/aromatic N) is 6.